The molecule has 4 amide bonds. The Morgan fingerprint density at radius 2 is 1.16 bits per heavy atom. The molecule has 2 rings (SSSR count). The molecule has 0 saturated heterocycles. The lowest BCUT2D eigenvalue weighted by molar-refractivity contribution is -0.144. The van der Waals surface area contributed by atoms with Crippen molar-refractivity contribution in [1.82, 2.24) is 24.9 Å². The zero-order valence-electron chi connectivity index (χ0n) is 27.4. The number of carbonyl (C=O) groups excluding carboxylic acids is 4. The fourth-order valence-corrected chi connectivity index (χ4v) is 5.07. The van der Waals surface area contributed by atoms with Crippen molar-refractivity contribution in [3.8, 4) is 0 Å². The molecule has 1 aliphatic heterocycles. The van der Waals surface area contributed by atoms with Gasteiger partial charge in [-0.25, -0.2) is 0 Å². The molecule has 278 valence electrons. The summed E-state index contributed by atoms with van der Waals surface area (Å²) < 4.78 is 0. The number of aliphatic carboxylic acids is 5. The smallest absolute Gasteiger partial charge is 0.317 e. The number of carboxylic acid groups (broad SMARTS) is 5. The molecular weight excluding hydrogens is 680 g/mol. The van der Waals surface area contributed by atoms with Crippen LogP contribution in [0.2, 0.25) is 0 Å². The highest BCUT2D eigenvalue weighted by molar-refractivity contribution is 6.14. The van der Waals surface area contributed by atoms with E-state index in [1.54, 1.807) is 24.3 Å². The van der Waals surface area contributed by atoms with E-state index in [4.69, 9.17) is 10.2 Å². The number of carboxylic acids is 5. The van der Waals surface area contributed by atoms with Gasteiger partial charge in [0.15, 0.2) is 0 Å². The Morgan fingerprint density at radius 3 is 1.67 bits per heavy atom. The lowest BCUT2D eigenvalue weighted by Gasteiger charge is -2.34. The summed E-state index contributed by atoms with van der Waals surface area (Å²) in [5.41, 5.74) is 1.11. The van der Waals surface area contributed by atoms with Crippen LogP contribution in [0.5, 0.6) is 0 Å². The summed E-state index contributed by atoms with van der Waals surface area (Å²) >= 11 is 0. The van der Waals surface area contributed by atoms with Crippen molar-refractivity contribution < 1.29 is 68.7 Å². The first-order valence-corrected chi connectivity index (χ1v) is 15.5. The van der Waals surface area contributed by atoms with E-state index in [-0.39, 0.29) is 45.4 Å². The number of nitrogens with one attached hydrogen (secondary N) is 2. The van der Waals surface area contributed by atoms with E-state index in [0.29, 0.717) is 11.3 Å². The van der Waals surface area contributed by atoms with Gasteiger partial charge in [0.25, 0.3) is 11.8 Å². The van der Waals surface area contributed by atoms with Gasteiger partial charge in [-0.15, -0.1) is 0 Å². The van der Waals surface area contributed by atoms with E-state index in [2.05, 4.69) is 10.6 Å². The van der Waals surface area contributed by atoms with Crippen LogP contribution in [-0.4, -0.2) is 170 Å². The van der Waals surface area contributed by atoms with Crippen molar-refractivity contribution in [3.63, 3.8) is 0 Å². The summed E-state index contributed by atoms with van der Waals surface area (Å²) in [5.74, 6) is -8.80. The number of rotatable bonds is 25. The van der Waals surface area contributed by atoms with Crippen LogP contribution in [-0.2, 0) is 49.6 Å². The van der Waals surface area contributed by atoms with Crippen molar-refractivity contribution in [2.45, 2.75) is 25.3 Å². The summed E-state index contributed by atoms with van der Waals surface area (Å²) in [6.07, 6.45) is 2.40. The second kappa shape index (κ2) is 20.7. The number of imide groups is 1. The number of aryl methyl sites for hydroxylation is 1. The second-order valence-electron chi connectivity index (χ2n) is 11.5. The minimum atomic E-state index is -1.33. The molecule has 51 heavy (non-hydrogen) atoms. The van der Waals surface area contributed by atoms with Gasteiger partial charge in [0.1, 0.15) is 6.54 Å². The molecule has 20 heteroatoms. The van der Waals surface area contributed by atoms with Crippen LogP contribution in [0.15, 0.2) is 36.4 Å². The topological polar surface area (TPSA) is 292 Å². The van der Waals surface area contributed by atoms with Crippen LogP contribution in [0.4, 0.5) is 5.69 Å². The van der Waals surface area contributed by atoms with Crippen molar-refractivity contribution >= 4 is 59.2 Å². The predicted molar refractivity (Wildman–Crippen MR) is 173 cm³/mol. The second-order valence-corrected chi connectivity index (χ2v) is 11.5. The fraction of sp³-hybridized carbons (Fsp3) is 0.452. The molecule has 1 aliphatic rings. The van der Waals surface area contributed by atoms with Crippen LogP contribution in [0.1, 0.15) is 18.4 Å². The first-order valence-electron chi connectivity index (χ1n) is 15.5. The highest BCUT2D eigenvalue weighted by atomic mass is 16.4. The molecular formula is C31H40N6O14. The zero-order chi connectivity index (χ0) is 38.1. The number of benzene rings is 1. The Morgan fingerprint density at radius 1 is 0.667 bits per heavy atom. The third-order valence-electron chi connectivity index (χ3n) is 7.35. The first-order chi connectivity index (χ1) is 24.0. The number of nitrogens with zero attached hydrogens (tertiary/aromatic N) is 4. The van der Waals surface area contributed by atoms with Gasteiger partial charge in [0, 0.05) is 56.5 Å². The molecule has 7 N–H and O–H groups in total. The van der Waals surface area contributed by atoms with Gasteiger partial charge in [-0.1, -0.05) is 12.1 Å². The molecule has 1 atom stereocenters. The number of hydrogen-bond acceptors (Lipinski definition) is 12. The number of amides is 4. The molecule has 0 bridgehead atoms. The molecule has 1 aromatic carbocycles. The molecule has 0 aliphatic carbocycles. The van der Waals surface area contributed by atoms with E-state index in [0.717, 1.165) is 26.9 Å². The highest BCUT2D eigenvalue weighted by Gasteiger charge is 2.28. The van der Waals surface area contributed by atoms with Crippen molar-refractivity contribution in [2.75, 3.05) is 70.8 Å². The van der Waals surface area contributed by atoms with Crippen LogP contribution < -0.4 is 10.6 Å². The minimum absolute atomic E-state index is 0.0625. The lowest BCUT2D eigenvalue weighted by atomic mass is 10.0. The Hall–Kier alpha value is -5.73. The van der Waals surface area contributed by atoms with Gasteiger partial charge < -0.3 is 36.2 Å². The molecule has 0 fully saturated rings. The summed E-state index contributed by atoms with van der Waals surface area (Å²) in [4.78, 5) is 109. The van der Waals surface area contributed by atoms with Gasteiger partial charge in [-0.3, -0.25) is 62.8 Å². The molecule has 1 heterocycles. The normalized spacial score (nSPS) is 13.1. The van der Waals surface area contributed by atoms with Gasteiger partial charge in [0.2, 0.25) is 11.8 Å². The van der Waals surface area contributed by atoms with Crippen LogP contribution in [0.3, 0.4) is 0 Å². The quantitative estimate of drug-likeness (QED) is 0.0522. The molecule has 0 radical (unpaired) electrons. The maximum atomic E-state index is 12.4. The Labute approximate surface area is 290 Å². The van der Waals surface area contributed by atoms with E-state index in [1.807, 2.05) is 0 Å². The third kappa shape index (κ3) is 16.5. The van der Waals surface area contributed by atoms with Crippen LogP contribution in [0.25, 0.3) is 0 Å². The van der Waals surface area contributed by atoms with Gasteiger partial charge in [0.05, 0.1) is 32.7 Å². The summed E-state index contributed by atoms with van der Waals surface area (Å²) in [7, 11) is 0. The van der Waals surface area contributed by atoms with Crippen molar-refractivity contribution in [2.24, 2.45) is 0 Å². The summed E-state index contributed by atoms with van der Waals surface area (Å²) in [6, 6.07) is 5.67. The lowest BCUT2D eigenvalue weighted by Crippen LogP contribution is -2.50. The first kappa shape index (κ1) is 41.4. The van der Waals surface area contributed by atoms with Crippen LogP contribution in [0, 0.1) is 0 Å². The number of anilines is 1. The molecule has 0 aromatic heterocycles. The fourth-order valence-electron chi connectivity index (χ4n) is 5.07. The van der Waals surface area contributed by atoms with E-state index >= 15 is 0 Å². The average molecular weight is 721 g/mol. The predicted octanol–water partition coefficient (Wildman–Crippen LogP) is -2.31. The highest BCUT2D eigenvalue weighted by Crippen LogP contribution is 2.16. The summed E-state index contributed by atoms with van der Waals surface area (Å²) in [5, 5.41) is 51.8. The van der Waals surface area contributed by atoms with Gasteiger partial charge >= 0.3 is 29.8 Å². The van der Waals surface area contributed by atoms with Crippen molar-refractivity contribution in [1.29, 1.82) is 0 Å². The molecule has 0 unspecified atom stereocenters. The largest absolute Gasteiger partial charge is 0.480 e. The average Bonchev–Trinajstić information content (AvgIpc) is 3.32. The zero-order valence-corrected chi connectivity index (χ0v) is 27.4. The maximum Gasteiger partial charge on any atom is 0.317 e. The van der Waals surface area contributed by atoms with E-state index in [1.165, 1.54) is 4.90 Å². The van der Waals surface area contributed by atoms with Crippen molar-refractivity contribution in [3.05, 3.63) is 42.0 Å². The van der Waals surface area contributed by atoms with E-state index < -0.39 is 98.8 Å². The van der Waals surface area contributed by atoms with Crippen LogP contribution >= 0.6 is 0 Å². The minimum Gasteiger partial charge on any atom is -0.480 e. The van der Waals surface area contributed by atoms with Gasteiger partial charge in [-0.05, 0) is 30.5 Å². The SMILES string of the molecule is O=C(O)CN(CCN(CC(=O)O)C[C@@H](CCc1ccc(NC(=O)CCNC(=O)CN2C(=O)C=CC2=O)cc1)N(CC(=O)O)CC(=O)O)CC(=O)O. The Kier molecular flexibility index (Phi) is 16.8. The Bertz CT molecular complexity index is 1450. The standard InChI is InChI=1S/C31H40N6O14/c38-23(9-10-32-24(39)14-37-25(40)7-8-26(37)41)33-21-4-1-20(2-5-21)3-6-22(36(18-30(48)49)19-31(50)51)13-34(15-27(42)43)11-12-35(16-28(44)45)17-29(46)47/h1-2,4-5,7-8,22H,3,6,9-19H2,(H,32,39)(H,33,38)(H,42,43)(H,44,45)(H,46,47)(H,48,49)(H,50,51)/t22-/m1/s1. The summed E-state index contributed by atoms with van der Waals surface area (Å²) in [6.45, 7) is -4.16. The number of hydrogen-bond donors (Lipinski definition) is 7. The molecule has 20 nitrogen and oxygen atoms in total. The molecule has 0 saturated carbocycles. The molecule has 0 spiro atoms. The number of carbonyl (C=O) groups is 9. The van der Waals surface area contributed by atoms with E-state index in [9.17, 15) is 58.5 Å². The third-order valence-corrected chi connectivity index (χ3v) is 7.35. The van der Waals surface area contributed by atoms with Gasteiger partial charge in [-0.2, -0.15) is 0 Å². The maximum absolute atomic E-state index is 12.4. The Balaban J connectivity index is 2.05. The molecule has 1 aromatic rings. The monoisotopic (exact) mass is 720 g/mol.